The summed E-state index contributed by atoms with van der Waals surface area (Å²) in [6.45, 7) is 0.826. The van der Waals surface area contributed by atoms with Crippen molar-refractivity contribution in [2.45, 2.75) is 25.0 Å². The lowest BCUT2D eigenvalue weighted by molar-refractivity contribution is 0.00810. The number of ether oxygens (including phenoxy) is 1. The number of amides is 1. The van der Waals surface area contributed by atoms with E-state index in [0.717, 1.165) is 25.0 Å². The van der Waals surface area contributed by atoms with Crippen molar-refractivity contribution < 1.29 is 9.53 Å². The van der Waals surface area contributed by atoms with Crippen molar-refractivity contribution in [1.29, 1.82) is 0 Å². The van der Waals surface area contributed by atoms with E-state index in [1.165, 1.54) is 0 Å². The molecule has 1 saturated carbocycles. The van der Waals surface area contributed by atoms with Crippen LogP contribution in [0.2, 0.25) is 0 Å². The first-order valence-corrected chi connectivity index (χ1v) is 6.54. The molecule has 6 heteroatoms. The Balaban J connectivity index is 1.50. The van der Waals surface area contributed by atoms with Gasteiger partial charge in [-0.3, -0.25) is 4.79 Å². The lowest BCUT2D eigenvalue weighted by Gasteiger charge is -2.39. The zero-order chi connectivity index (χ0) is 12.8. The highest BCUT2D eigenvalue weighted by molar-refractivity contribution is 5.97. The predicted molar refractivity (Wildman–Crippen MR) is 67.6 cm³/mol. The molecule has 2 aromatic rings. The van der Waals surface area contributed by atoms with Crippen molar-refractivity contribution in [2.75, 3.05) is 6.61 Å². The van der Waals surface area contributed by atoms with Crippen molar-refractivity contribution in [3.05, 3.63) is 23.8 Å². The Kier molecular flexibility index (Phi) is 2.32. The molecule has 6 nitrogen and oxygen atoms in total. The molecule has 98 valence electrons. The number of aromatic amines is 1. The van der Waals surface area contributed by atoms with E-state index in [9.17, 15) is 4.79 Å². The third-order valence-corrected chi connectivity index (χ3v) is 4.16. The first-order chi connectivity index (χ1) is 9.31. The average Bonchev–Trinajstić information content (AvgIpc) is 3.00. The van der Waals surface area contributed by atoms with E-state index in [1.807, 2.05) is 0 Å². The van der Waals surface area contributed by atoms with Crippen LogP contribution in [0.4, 0.5) is 0 Å². The Bertz CT molecular complexity index is 638. The van der Waals surface area contributed by atoms with Gasteiger partial charge < -0.3 is 10.1 Å². The van der Waals surface area contributed by atoms with Gasteiger partial charge in [0.2, 0.25) is 0 Å². The second-order valence-corrected chi connectivity index (χ2v) is 5.20. The highest BCUT2D eigenvalue weighted by Gasteiger charge is 2.45. The molecule has 2 aliphatic rings. The molecule has 2 fully saturated rings. The number of H-pyrrole nitrogens is 1. The summed E-state index contributed by atoms with van der Waals surface area (Å²) in [7, 11) is 0. The number of hydrogen-bond acceptors (Lipinski definition) is 4. The number of fused-ring (bicyclic) bond motifs is 2. The van der Waals surface area contributed by atoms with Gasteiger partial charge in [-0.25, -0.2) is 0 Å². The average molecular weight is 258 g/mol. The quantitative estimate of drug-likeness (QED) is 0.837. The van der Waals surface area contributed by atoms with Crippen LogP contribution in [0.1, 0.15) is 23.2 Å². The summed E-state index contributed by atoms with van der Waals surface area (Å²) in [5, 5.41) is 13.6. The first-order valence-electron chi connectivity index (χ1n) is 6.54. The second-order valence-electron chi connectivity index (χ2n) is 5.20. The van der Waals surface area contributed by atoms with E-state index in [0.29, 0.717) is 23.1 Å². The summed E-state index contributed by atoms with van der Waals surface area (Å²) in [5.41, 5.74) is 2.11. The first kappa shape index (κ1) is 10.9. The fourth-order valence-electron chi connectivity index (χ4n) is 3.00. The van der Waals surface area contributed by atoms with Crippen LogP contribution in [-0.4, -0.2) is 40.1 Å². The van der Waals surface area contributed by atoms with Crippen LogP contribution < -0.4 is 5.32 Å². The molecular weight excluding hydrogens is 244 g/mol. The molecule has 1 aromatic carbocycles. The molecule has 0 radical (unpaired) electrons. The molecule has 0 bridgehead atoms. The van der Waals surface area contributed by atoms with Gasteiger partial charge in [-0.2, -0.15) is 15.4 Å². The number of hydrogen-bond donors (Lipinski definition) is 2. The second kappa shape index (κ2) is 4.03. The van der Waals surface area contributed by atoms with Gasteiger partial charge in [-0.1, -0.05) is 0 Å². The van der Waals surface area contributed by atoms with Crippen LogP contribution in [-0.2, 0) is 4.74 Å². The standard InChI is InChI=1S/C13H14N4O2/c18-13(14-10-6-12-8(10)3-4-19-12)7-1-2-9-11(5-7)16-17-15-9/h1-2,5,8,10,12H,3-4,6H2,(H,14,18)(H,15,16,17)/t8-,10+,12+/m1/s1. The molecule has 0 unspecified atom stereocenters. The Hall–Kier alpha value is -1.95. The van der Waals surface area contributed by atoms with Crippen LogP contribution in [0.3, 0.4) is 0 Å². The SMILES string of the molecule is O=C(N[C@H]1C[C@@H]2OCC[C@H]12)c1ccc2n[nH]nc2c1. The third-order valence-electron chi connectivity index (χ3n) is 4.16. The monoisotopic (exact) mass is 258 g/mol. The Labute approximate surface area is 109 Å². The summed E-state index contributed by atoms with van der Waals surface area (Å²) >= 11 is 0. The van der Waals surface area contributed by atoms with Crippen molar-refractivity contribution in [3.8, 4) is 0 Å². The van der Waals surface area contributed by atoms with Crippen molar-refractivity contribution in [2.24, 2.45) is 5.92 Å². The van der Waals surface area contributed by atoms with Crippen LogP contribution in [0.15, 0.2) is 18.2 Å². The minimum Gasteiger partial charge on any atom is -0.378 e. The maximum absolute atomic E-state index is 12.2. The summed E-state index contributed by atoms with van der Waals surface area (Å²) < 4.78 is 5.54. The van der Waals surface area contributed by atoms with Crippen molar-refractivity contribution in [3.63, 3.8) is 0 Å². The largest absolute Gasteiger partial charge is 0.378 e. The number of benzene rings is 1. The fraction of sp³-hybridized carbons (Fsp3) is 0.462. The lowest BCUT2D eigenvalue weighted by atomic mass is 9.76. The maximum Gasteiger partial charge on any atom is 0.251 e. The smallest absolute Gasteiger partial charge is 0.251 e. The lowest BCUT2D eigenvalue weighted by Crippen LogP contribution is -2.53. The molecule has 1 saturated heterocycles. The van der Waals surface area contributed by atoms with E-state index in [4.69, 9.17) is 4.74 Å². The fourth-order valence-corrected chi connectivity index (χ4v) is 3.00. The van der Waals surface area contributed by atoms with E-state index in [-0.39, 0.29) is 11.9 Å². The van der Waals surface area contributed by atoms with E-state index in [1.54, 1.807) is 18.2 Å². The van der Waals surface area contributed by atoms with Crippen LogP contribution in [0, 0.1) is 5.92 Å². The topological polar surface area (TPSA) is 79.9 Å². The van der Waals surface area contributed by atoms with Crippen LogP contribution in [0.25, 0.3) is 11.0 Å². The molecule has 0 spiro atoms. The normalized spacial score (nSPS) is 28.9. The van der Waals surface area contributed by atoms with Gasteiger partial charge in [-0.05, 0) is 31.0 Å². The number of nitrogens with zero attached hydrogens (tertiary/aromatic N) is 2. The highest BCUT2D eigenvalue weighted by Crippen LogP contribution is 2.38. The van der Waals surface area contributed by atoms with Crippen molar-refractivity contribution in [1.82, 2.24) is 20.7 Å². The van der Waals surface area contributed by atoms with E-state index in [2.05, 4.69) is 20.7 Å². The van der Waals surface area contributed by atoms with E-state index >= 15 is 0 Å². The summed E-state index contributed by atoms with van der Waals surface area (Å²) in [6, 6.07) is 5.60. The Morgan fingerprint density at radius 1 is 1.37 bits per heavy atom. The number of carbonyl (C=O) groups excluding carboxylic acids is 1. The summed E-state index contributed by atoms with van der Waals surface area (Å²) in [5.74, 6) is 0.458. The van der Waals surface area contributed by atoms with Gasteiger partial charge >= 0.3 is 0 Å². The Morgan fingerprint density at radius 2 is 2.26 bits per heavy atom. The van der Waals surface area contributed by atoms with Crippen LogP contribution in [0.5, 0.6) is 0 Å². The molecule has 2 N–H and O–H groups in total. The van der Waals surface area contributed by atoms with Gasteiger partial charge in [0.15, 0.2) is 0 Å². The van der Waals surface area contributed by atoms with Gasteiger partial charge in [0.25, 0.3) is 5.91 Å². The molecule has 2 heterocycles. The molecule has 1 aliphatic heterocycles. The minimum atomic E-state index is -0.0414. The molecular formula is C13H14N4O2. The number of nitrogens with one attached hydrogen (secondary N) is 2. The van der Waals surface area contributed by atoms with Gasteiger partial charge in [-0.15, -0.1) is 0 Å². The zero-order valence-electron chi connectivity index (χ0n) is 10.3. The molecule has 3 atom stereocenters. The molecule has 1 aromatic heterocycles. The van der Waals surface area contributed by atoms with Crippen molar-refractivity contribution >= 4 is 16.9 Å². The summed E-state index contributed by atoms with van der Waals surface area (Å²) in [4.78, 5) is 12.2. The highest BCUT2D eigenvalue weighted by atomic mass is 16.5. The minimum absolute atomic E-state index is 0.0414. The van der Waals surface area contributed by atoms with E-state index < -0.39 is 0 Å². The molecule has 1 aliphatic carbocycles. The predicted octanol–water partition coefficient (Wildman–Crippen LogP) is 0.865. The zero-order valence-corrected chi connectivity index (χ0v) is 10.3. The maximum atomic E-state index is 12.2. The molecule has 4 rings (SSSR count). The third kappa shape index (κ3) is 1.71. The molecule has 19 heavy (non-hydrogen) atoms. The van der Waals surface area contributed by atoms with Gasteiger partial charge in [0, 0.05) is 24.1 Å². The van der Waals surface area contributed by atoms with Gasteiger partial charge in [0.05, 0.1) is 6.10 Å². The Morgan fingerprint density at radius 3 is 3.16 bits per heavy atom. The van der Waals surface area contributed by atoms with Crippen LogP contribution >= 0.6 is 0 Å². The molecule has 1 amide bonds. The number of rotatable bonds is 2. The summed E-state index contributed by atoms with van der Waals surface area (Å²) in [6.07, 6.45) is 2.35. The van der Waals surface area contributed by atoms with Gasteiger partial charge in [0.1, 0.15) is 11.0 Å². The number of aromatic nitrogens is 3. The number of carbonyl (C=O) groups is 1.